The van der Waals surface area contributed by atoms with Crippen LogP contribution < -0.4 is 5.32 Å². The van der Waals surface area contributed by atoms with Gasteiger partial charge in [0.1, 0.15) is 0 Å². The van der Waals surface area contributed by atoms with Crippen molar-refractivity contribution in [3.63, 3.8) is 0 Å². The summed E-state index contributed by atoms with van der Waals surface area (Å²) in [5.74, 6) is 0.660. The molecule has 0 radical (unpaired) electrons. The first-order valence-electron chi connectivity index (χ1n) is 7.86. The van der Waals surface area contributed by atoms with Gasteiger partial charge in [0.2, 0.25) is 0 Å². The lowest BCUT2D eigenvalue weighted by Crippen LogP contribution is -2.55. The van der Waals surface area contributed by atoms with Gasteiger partial charge in [-0.15, -0.1) is 0 Å². The maximum atomic E-state index is 4.08. The van der Waals surface area contributed by atoms with E-state index in [2.05, 4.69) is 67.5 Å². The molecule has 0 spiro atoms. The lowest BCUT2D eigenvalue weighted by Gasteiger charge is -2.53. The summed E-state index contributed by atoms with van der Waals surface area (Å²) < 4.78 is 0. The van der Waals surface area contributed by atoms with E-state index in [1.165, 1.54) is 23.1 Å². The molecule has 110 valence electrons. The van der Waals surface area contributed by atoms with E-state index in [1.807, 2.05) is 12.4 Å². The van der Waals surface area contributed by atoms with Gasteiger partial charge in [-0.3, -0.25) is 4.98 Å². The van der Waals surface area contributed by atoms with Gasteiger partial charge in [-0.2, -0.15) is 0 Å². The van der Waals surface area contributed by atoms with E-state index in [9.17, 15) is 0 Å². The van der Waals surface area contributed by atoms with Crippen molar-refractivity contribution >= 4 is 0 Å². The Morgan fingerprint density at radius 2 is 1.67 bits per heavy atom. The Morgan fingerprint density at radius 1 is 1.05 bits per heavy atom. The van der Waals surface area contributed by atoms with E-state index in [0.717, 1.165) is 6.54 Å². The van der Waals surface area contributed by atoms with Gasteiger partial charge in [0.05, 0.1) is 0 Å². The minimum Gasteiger partial charge on any atom is -0.314 e. The number of nitrogens with zero attached hydrogens (tertiary/aromatic N) is 1. The SMILES string of the molecule is CCNC1CC(c2ccc(-c3ccncc3)cc2)C1(C)C. The summed E-state index contributed by atoms with van der Waals surface area (Å²) in [6.45, 7) is 8.01. The molecule has 2 heteroatoms. The molecule has 2 atom stereocenters. The average Bonchev–Trinajstić information content (AvgIpc) is 2.52. The monoisotopic (exact) mass is 280 g/mol. The smallest absolute Gasteiger partial charge is 0.0273 e. The molecule has 0 bridgehead atoms. The second-order valence-corrected chi connectivity index (χ2v) is 6.58. The summed E-state index contributed by atoms with van der Waals surface area (Å²) in [6.07, 6.45) is 4.94. The Labute approximate surface area is 127 Å². The molecule has 1 saturated carbocycles. The molecule has 1 heterocycles. The predicted molar refractivity (Wildman–Crippen MR) is 88.3 cm³/mol. The molecule has 0 saturated heterocycles. The average molecular weight is 280 g/mol. The van der Waals surface area contributed by atoms with Crippen molar-refractivity contribution in [1.29, 1.82) is 0 Å². The van der Waals surface area contributed by atoms with Crippen LogP contribution in [0.3, 0.4) is 0 Å². The number of aromatic nitrogens is 1. The van der Waals surface area contributed by atoms with Gasteiger partial charge in [0, 0.05) is 18.4 Å². The first-order chi connectivity index (χ1) is 10.1. The third-order valence-electron chi connectivity index (χ3n) is 5.04. The van der Waals surface area contributed by atoms with Crippen molar-refractivity contribution in [2.75, 3.05) is 6.54 Å². The molecule has 1 N–H and O–H groups in total. The Bertz CT molecular complexity index is 587. The van der Waals surface area contributed by atoms with Gasteiger partial charge in [-0.05, 0) is 53.1 Å². The lowest BCUT2D eigenvalue weighted by atomic mass is 9.56. The molecule has 0 aliphatic heterocycles. The highest BCUT2D eigenvalue weighted by Crippen LogP contribution is 2.52. The van der Waals surface area contributed by atoms with E-state index >= 15 is 0 Å². The largest absolute Gasteiger partial charge is 0.314 e. The molecule has 1 aliphatic carbocycles. The molecule has 0 amide bonds. The minimum atomic E-state index is 0.341. The van der Waals surface area contributed by atoms with Crippen LogP contribution in [0.2, 0.25) is 0 Å². The maximum absolute atomic E-state index is 4.08. The Morgan fingerprint density at radius 3 is 2.24 bits per heavy atom. The van der Waals surface area contributed by atoms with E-state index in [1.54, 1.807) is 0 Å². The zero-order valence-electron chi connectivity index (χ0n) is 13.1. The third kappa shape index (κ3) is 2.60. The lowest BCUT2D eigenvalue weighted by molar-refractivity contribution is 0.0706. The number of benzene rings is 1. The zero-order chi connectivity index (χ0) is 14.9. The summed E-state index contributed by atoms with van der Waals surface area (Å²) in [5, 5.41) is 3.60. The predicted octanol–water partition coefficient (Wildman–Crippen LogP) is 4.24. The second kappa shape index (κ2) is 5.61. The van der Waals surface area contributed by atoms with E-state index in [0.29, 0.717) is 17.4 Å². The van der Waals surface area contributed by atoms with E-state index in [4.69, 9.17) is 0 Å². The maximum Gasteiger partial charge on any atom is 0.0273 e. The zero-order valence-corrected chi connectivity index (χ0v) is 13.1. The highest BCUT2D eigenvalue weighted by atomic mass is 15.0. The van der Waals surface area contributed by atoms with Crippen LogP contribution in [0.25, 0.3) is 11.1 Å². The van der Waals surface area contributed by atoms with Crippen molar-refractivity contribution in [1.82, 2.24) is 10.3 Å². The molecule has 3 rings (SSSR count). The van der Waals surface area contributed by atoms with Gasteiger partial charge >= 0.3 is 0 Å². The van der Waals surface area contributed by atoms with Gasteiger partial charge in [-0.1, -0.05) is 45.0 Å². The van der Waals surface area contributed by atoms with Crippen molar-refractivity contribution in [3.05, 3.63) is 54.4 Å². The second-order valence-electron chi connectivity index (χ2n) is 6.58. The third-order valence-corrected chi connectivity index (χ3v) is 5.04. The molecule has 1 aromatic heterocycles. The van der Waals surface area contributed by atoms with Crippen LogP contribution in [0.1, 0.15) is 38.7 Å². The van der Waals surface area contributed by atoms with Crippen LogP contribution >= 0.6 is 0 Å². The normalized spacial score (nSPS) is 23.6. The van der Waals surface area contributed by atoms with Gasteiger partial charge in [0.25, 0.3) is 0 Å². The Hall–Kier alpha value is -1.67. The minimum absolute atomic E-state index is 0.341. The standard InChI is InChI=1S/C19H24N2/c1-4-21-18-13-17(19(18,2)3)16-7-5-14(6-8-16)15-9-11-20-12-10-15/h5-12,17-18,21H,4,13H2,1-3H3. The number of hydrogen-bond donors (Lipinski definition) is 1. The van der Waals surface area contributed by atoms with E-state index < -0.39 is 0 Å². The summed E-state index contributed by atoms with van der Waals surface area (Å²) in [6, 6.07) is 13.8. The van der Waals surface area contributed by atoms with Gasteiger partial charge in [0.15, 0.2) is 0 Å². The fraction of sp³-hybridized carbons (Fsp3) is 0.421. The van der Waals surface area contributed by atoms with Crippen LogP contribution in [-0.4, -0.2) is 17.6 Å². The molecule has 1 aromatic carbocycles. The molecule has 21 heavy (non-hydrogen) atoms. The van der Waals surface area contributed by atoms with Crippen LogP contribution in [0, 0.1) is 5.41 Å². The molecule has 1 fully saturated rings. The number of hydrogen-bond acceptors (Lipinski definition) is 2. The Balaban J connectivity index is 1.77. The quantitative estimate of drug-likeness (QED) is 0.906. The van der Waals surface area contributed by atoms with Crippen LogP contribution in [0.5, 0.6) is 0 Å². The first-order valence-corrected chi connectivity index (χ1v) is 7.86. The number of pyridine rings is 1. The van der Waals surface area contributed by atoms with Crippen molar-refractivity contribution < 1.29 is 0 Å². The fourth-order valence-corrected chi connectivity index (χ4v) is 3.54. The van der Waals surface area contributed by atoms with Crippen LogP contribution in [0.15, 0.2) is 48.8 Å². The summed E-state index contributed by atoms with van der Waals surface area (Å²) >= 11 is 0. The van der Waals surface area contributed by atoms with Crippen molar-refractivity contribution in [2.45, 2.75) is 39.2 Å². The molecule has 2 nitrogen and oxygen atoms in total. The van der Waals surface area contributed by atoms with E-state index in [-0.39, 0.29) is 0 Å². The van der Waals surface area contributed by atoms with Crippen molar-refractivity contribution in [3.8, 4) is 11.1 Å². The number of nitrogens with one attached hydrogen (secondary N) is 1. The fourth-order valence-electron chi connectivity index (χ4n) is 3.54. The molecular weight excluding hydrogens is 256 g/mol. The summed E-state index contributed by atoms with van der Waals surface area (Å²) in [5.41, 5.74) is 4.30. The Kier molecular flexibility index (Phi) is 3.81. The van der Waals surface area contributed by atoms with Crippen LogP contribution in [0.4, 0.5) is 0 Å². The highest BCUT2D eigenvalue weighted by molar-refractivity contribution is 5.63. The number of rotatable bonds is 4. The molecule has 2 unspecified atom stereocenters. The summed E-state index contributed by atoms with van der Waals surface area (Å²) in [7, 11) is 0. The van der Waals surface area contributed by atoms with Gasteiger partial charge in [-0.25, -0.2) is 0 Å². The topological polar surface area (TPSA) is 24.9 Å². The highest BCUT2D eigenvalue weighted by Gasteiger charge is 2.47. The van der Waals surface area contributed by atoms with Crippen molar-refractivity contribution in [2.24, 2.45) is 5.41 Å². The first kappa shape index (κ1) is 14.3. The van der Waals surface area contributed by atoms with Gasteiger partial charge < -0.3 is 5.32 Å². The molecule has 2 aromatic rings. The molecule has 1 aliphatic rings. The summed E-state index contributed by atoms with van der Waals surface area (Å²) in [4.78, 5) is 4.08. The van der Waals surface area contributed by atoms with Crippen LogP contribution in [-0.2, 0) is 0 Å². The molecular formula is C19H24N2.